The summed E-state index contributed by atoms with van der Waals surface area (Å²) < 4.78 is 39.7. The molecule has 3 aromatic carbocycles. The minimum absolute atomic E-state index is 0.00622. The van der Waals surface area contributed by atoms with Gasteiger partial charge in [-0.15, -0.1) is 0 Å². The summed E-state index contributed by atoms with van der Waals surface area (Å²) in [6.07, 6.45) is 1.10. The van der Waals surface area contributed by atoms with E-state index >= 15 is 0 Å². The number of urea groups is 1. The van der Waals surface area contributed by atoms with Crippen LogP contribution in [0.3, 0.4) is 0 Å². The number of sulfonamides is 1. The smallest absolute Gasteiger partial charge is 0.329 e. The number of nitriles is 1. The number of ether oxygens (including phenoxy) is 2. The largest absolute Gasteiger partial charge is 0.497 e. The van der Waals surface area contributed by atoms with E-state index in [4.69, 9.17) is 9.47 Å². The number of nitrogens with zero attached hydrogens (tertiary/aromatic N) is 1. The van der Waals surface area contributed by atoms with Gasteiger partial charge < -0.3 is 14.8 Å². The number of hydrogen-bond acceptors (Lipinski definition) is 6. The average molecular weight is 534 g/mol. The number of carbonyl (C=O) groups is 1. The van der Waals surface area contributed by atoms with Crippen LogP contribution in [0.5, 0.6) is 17.2 Å². The van der Waals surface area contributed by atoms with Gasteiger partial charge in [0.15, 0.2) is 0 Å². The maximum Gasteiger partial charge on any atom is 0.329 e. The molecule has 0 spiro atoms. The van der Waals surface area contributed by atoms with Gasteiger partial charge in [0.2, 0.25) is 0 Å². The standard InChI is InChI=1S/C29H31N3O5S/c1-18-14-24(18)23-12-11-22(16-25(23)20-7-9-21(36-5)10-8-20)37-26-13-6-19(17-30)15-27(26)38(34,35)32-28(33)31-29(2,3)4/h6-13,15-16,18,24H,14H2,1-5H3,(H2,31,32,33)/t18-,24?/m0/s1. The van der Waals surface area contributed by atoms with Gasteiger partial charge in [-0.25, -0.2) is 17.9 Å². The second-order valence-corrected chi connectivity index (χ2v) is 12.1. The number of rotatable bonds is 7. The first-order valence-electron chi connectivity index (χ1n) is 12.3. The molecule has 3 aromatic rings. The van der Waals surface area contributed by atoms with Crippen LogP contribution in [0.25, 0.3) is 11.1 Å². The van der Waals surface area contributed by atoms with Crippen LogP contribution in [0.15, 0.2) is 65.6 Å². The second-order valence-electron chi connectivity index (χ2n) is 10.5. The van der Waals surface area contributed by atoms with Crippen LogP contribution in [-0.2, 0) is 10.0 Å². The molecule has 0 bridgehead atoms. The summed E-state index contributed by atoms with van der Waals surface area (Å²) in [7, 11) is -2.74. The van der Waals surface area contributed by atoms with Crippen molar-refractivity contribution in [3.8, 4) is 34.4 Å². The van der Waals surface area contributed by atoms with Crippen LogP contribution in [0.4, 0.5) is 4.79 Å². The highest BCUT2D eigenvalue weighted by atomic mass is 32.2. The Labute approximate surface area is 223 Å². The van der Waals surface area contributed by atoms with Crippen LogP contribution in [0, 0.1) is 17.2 Å². The molecule has 1 fully saturated rings. The molecule has 2 N–H and O–H groups in total. The summed E-state index contributed by atoms with van der Waals surface area (Å²) in [5.41, 5.74) is 2.64. The average Bonchev–Trinajstić information content (AvgIpc) is 3.58. The molecule has 0 heterocycles. The van der Waals surface area contributed by atoms with Crippen LogP contribution >= 0.6 is 0 Å². The highest BCUT2D eigenvalue weighted by Crippen LogP contribution is 2.50. The number of carbonyl (C=O) groups excluding carboxylic acids is 1. The Balaban J connectivity index is 1.71. The molecular formula is C29H31N3O5S. The number of methoxy groups -OCH3 is 1. The molecule has 0 aliphatic heterocycles. The highest BCUT2D eigenvalue weighted by Gasteiger charge is 2.36. The van der Waals surface area contributed by atoms with Gasteiger partial charge in [-0.3, -0.25) is 0 Å². The molecule has 0 aromatic heterocycles. The molecule has 0 saturated heterocycles. The summed E-state index contributed by atoms with van der Waals surface area (Å²) in [6.45, 7) is 7.41. The Morgan fingerprint density at radius 2 is 1.68 bits per heavy atom. The van der Waals surface area contributed by atoms with Gasteiger partial charge in [0.25, 0.3) is 10.0 Å². The van der Waals surface area contributed by atoms with E-state index in [1.807, 2.05) is 53.3 Å². The molecule has 1 aliphatic carbocycles. The van der Waals surface area contributed by atoms with E-state index in [0.717, 1.165) is 23.3 Å². The molecule has 9 heteroatoms. The van der Waals surface area contributed by atoms with Crippen molar-refractivity contribution in [1.82, 2.24) is 10.0 Å². The molecule has 198 valence electrons. The van der Waals surface area contributed by atoms with Crippen molar-refractivity contribution in [2.45, 2.75) is 50.5 Å². The molecule has 4 rings (SSSR count). The van der Waals surface area contributed by atoms with E-state index in [0.29, 0.717) is 17.6 Å². The van der Waals surface area contributed by atoms with E-state index in [-0.39, 0.29) is 16.2 Å². The van der Waals surface area contributed by atoms with E-state index in [9.17, 15) is 18.5 Å². The van der Waals surface area contributed by atoms with Crippen molar-refractivity contribution in [3.05, 3.63) is 71.8 Å². The van der Waals surface area contributed by atoms with Gasteiger partial charge in [0.05, 0.1) is 18.7 Å². The van der Waals surface area contributed by atoms with E-state index < -0.39 is 21.6 Å². The normalized spacial score (nSPS) is 16.7. The molecule has 0 radical (unpaired) electrons. The van der Waals surface area contributed by atoms with Gasteiger partial charge in [0.1, 0.15) is 22.1 Å². The first kappa shape index (κ1) is 27.0. The SMILES string of the molecule is COc1ccc(-c2cc(Oc3ccc(C#N)cc3S(=O)(=O)NC(=O)NC(C)(C)C)ccc2C2C[C@@H]2C)cc1. The number of nitrogens with one attached hydrogen (secondary N) is 2. The summed E-state index contributed by atoms with van der Waals surface area (Å²) in [5.74, 6) is 2.19. The van der Waals surface area contributed by atoms with E-state index in [1.165, 1.54) is 23.8 Å². The third-order valence-electron chi connectivity index (χ3n) is 6.24. The quantitative estimate of drug-likeness (QED) is 0.388. The number of hydrogen-bond donors (Lipinski definition) is 2. The first-order chi connectivity index (χ1) is 17.9. The lowest BCUT2D eigenvalue weighted by Crippen LogP contribution is -2.48. The summed E-state index contributed by atoms with van der Waals surface area (Å²) >= 11 is 0. The Hall–Kier alpha value is -4.03. The lowest BCUT2D eigenvalue weighted by atomic mass is 9.95. The maximum absolute atomic E-state index is 13.2. The van der Waals surface area contributed by atoms with Crippen molar-refractivity contribution in [3.63, 3.8) is 0 Å². The van der Waals surface area contributed by atoms with Crippen molar-refractivity contribution in [1.29, 1.82) is 5.26 Å². The third kappa shape index (κ3) is 6.26. The maximum atomic E-state index is 13.2. The third-order valence-corrected chi connectivity index (χ3v) is 7.59. The molecule has 8 nitrogen and oxygen atoms in total. The minimum atomic E-state index is -4.36. The Bertz CT molecular complexity index is 1500. The van der Waals surface area contributed by atoms with Crippen LogP contribution in [0.2, 0.25) is 0 Å². The Kier molecular flexibility index (Phi) is 7.38. The number of amides is 2. The summed E-state index contributed by atoms with van der Waals surface area (Å²) in [5, 5.41) is 11.9. The van der Waals surface area contributed by atoms with Crippen molar-refractivity contribution in [2.24, 2.45) is 5.92 Å². The molecule has 1 saturated carbocycles. The Morgan fingerprint density at radius 1 is 1.03 bits per heavy atom. The fraction of sp³-hybridized carbons (Fsp3) is 0.310. The molecular weight excluding hydrogens is 502 g/mol. The zero-order valence-corrected chi connectivity index (χ0v) is 22.8. The molecule has 38 heavy (non-hydrogen) atoms. The lowest BCUT2D eigenvalue weighted by molar-refractivity contribution is 0.237. The Morgan fingerprint density at radius 3 is 2.26 bits per heavy atom. The van der Waals surface area contributed by atoms with Crippen molar-refractivity contribution >= 4 is 16.1 Å². The topological polar surface area (TPSA) is 118 Å². The number of benzene rings is 3. The van der Waals surface area contributed by atoms with E-state index in [1.54, 1.807) is 27.9 Å². The minimum Gasteiger partial charge on any atom is -0.497 e. The lowest BCUT2D eigenvalue weighted by Gasteiger charge is -2.21. The molecule has 1 aliphatic rings. The zero-order valence-electron chi connectivity index (χ0n) is 22.0. The fourth-order valence-electron chi connectivity index (χ4n) is 4.24. The second kappa shape index (κ2) is 10.4. The van der Waals surface area contributed by atoms with Crippen LogP contribution < -0.4 is 19.5 Å². The van der Waals surface area contributed by atoms with E-state index in [2.05, 4.69) is 12.2 Å². The van der Waals surface area contributed by atoms with Crippen LogP contribution in [0.1, 0.15) is 51.2 Å². The predicted octanol–water partition coefficient (Wildman–Crippen LogP) is 5.94. The van der Waals surface area contributed by atoms with Gasteiger partial charge >= 0.3 is 6.03 Å². The monoisotopic (exact) mass is 533 g/mol. The predicted molar refractivity (Wildman–Crippen MR) is 145 cm³/mol. The molecule has 2 atom stereocenters. The van der Waals surface area contributed by atoms with Gasteiger partial charge in [-0.2, -0.15) is 5.26 Å². The van der Waals surface area contributed by atoms with Crippen LogP contribution in [-0.4, -0.2) is 27.1 Å². The van der Waals surface area contributed by atoms with Crippen molar-refractivity contribution < 1.29 is 22.7 Å². The van der Waals surface area contributed by atoms with Gasteiger partial charge in [-0.05, 0) is 98.2 Å². The van der Waals surface area contributed by atoms with Crippen molar-refractivity contribution in [2.75, 3.05) is 7.11 Å². The zero-order chi connectivity index (χ0) is 27.7. The molecule has 1 unspecified atom stereocenters. The highest BCUT2D eigenvalue weighted by molar-refractivity contribution is 7.90. The summed E-state index contributed by atoms with van der Waals surface area (Å²) in [4.78, 5) is 12.0. The molecule has 2 amide bonds. The first-order valence-corrected chi connectivity index (χ1v) is 13.7. The van der Waals surface area contributed by atoms with Gasteiger partial charge in [0, 0.05) is 5.54 Å². The fourth-order valence-corrected chi connectivity index (χ4v) is 5.30. The van der Waals surface area contributed by atoms with Gasteiger partial charge in [-0.1, -0.05) is 25.1 Å². The summed E-state index contributed by atoms with van der Waals surface area (Å²) in [6, 6.07) is 18.6.